The van der Waals surface area contributed by atoms with Crippen LogP contribution in [0.5, 0.6) is 0 Å². The number of rotatable bonds is 3. The van der Waals surface area contributed by atoms with E-state index >= 15 is 0 Å². The minimum atomic E-state index is 0.229. The molecule has 0 aliphatic rings. The number of hydrogen-bond donors (Lipinski definition) is 1. The van der Waals surface area contributed by atoms with Crippen molar-refractivity contribution in [3.63, 3.8) is 0 Å². The lowest BCUT2D eigenvalue weighted by Crippen LogP contribution is -2.07. The Bertz CT molecular complexity index is 516. The van der Waals surface area contributed by atoms with Crippen LogP contribution in [0.4, 0.5) is 5.69 Å². The zero-order valence-corrected chi connectivity index (χ0v) is 10.7. The van der Waals surface area contributed by atoms with E-state index in [0.717, 1.165) is 16.9 Å². The fourth-order valence-corrected chi connectivity index (χ4v) is 2.00. The molecule has 90 valence electrons. The van der Waals surface area contributed by atoms with Gasteiger partial charge in [0.25, 0.3) is 0 Å². The molecule has 17 heavy (non-hydrogen) atoms. The summed E-state index contributed by atoms with van der Waals surface area (Å²) in [6.07, 6.45) is 5.75. The molecule has 1 N–H and O–H groups in total. The first kappa shape index (κ1) is 11.6. The van der Waals surface area contributed by atoms with Gasteiger partial charge in [0.05, 0.1) is 17.4 Å². The Balaban J connectivity index is 2.16. The van der Waals surface area contributed by atoms with Crippen molar-refractivity contribution in [3.8, 4) is 0 Å². The molecule has 4 heteroatoms. The molecule has 0 saturated carbocycles. The molecule has 0 spiro atoms. The van der Waals surface area contributed by atoms with Crippen LogP contribution in [0, 0.1) is 13.8 Å². The van der Waals surface area contributed by atoms with Gasteiger partial charge in [-0.05, 0) is 32.4 Å². The van der Waals surface area contributed by atoms with Gasteiger partial charge >= 0.3 is 0 Å². The summed E-state index contributed by atoms with van der Waals surface area (Å²) in [5.74, 6) is 0. The van der Waals surface area contributed by atoms with Gasteiger partial charge in [-0.25, -0.2) is 0 Å². The van der Waals surface area contributed by atoms with Crippen molar-refractivity contribution in [1.82, 2.24) is 14.8 Å². The van der Waals surface area contributed by atoms with E-state index in [2.05, 4.69) is 34.6 Å². The topological polar surface area (TPSA) is 42.7 Å². The predicted octanol–water partition coefficient (Wildman–Crippen LogP) is 2.61. The average molecular weight is 230 g/mol. The van der Waals surface area contributed by atoms with Gasteiger partial charge in [-0.15, -0.1) is 0 Å². The SMILES string of the molecule is Cc1cncc(NC(C)c2cn(C)nc2C)c1. The maximum Gasteiger partial charge on any atom is 0.0646 e. The highest BCUT2D eigenvalue weighted by Gasteiger charge is 2.11. The van der Waals surface area contributed by atoms with Gasteiger partial charge in [0, 0.05) is 31.2 Å². The summed E-state index contributed by atoms with van der Waals surface area (Å²) in [6.45, 7) is 6.20. The smallest absolute Gasteiger partial charge is 0.0646 e. The van der Waals surface area contributed by atoms with Gasteiger partial charge in [-0.1, -0.05) is 0 Å². The standard InChI is InChI=1S/C13H18N4/c1-9-5-12(7-14-6-9)15-10(2)13-8-17(4)16-11(13)3/h5-8,10,15H,1-4H3. The van der Waals surface area contributed by atoms with Crippen molar-refractivity contribution in [2.24, 2.45) is 7.05 Å². The highest BCUT2D eigenvalue weighted by atomic mass is 15.3. The van der Waals surface area contributed by atoms with Crippen LogP contribution in [0.1, 0.15) is 29.8 Å². The number of pyridine rings is 1. The van der Waals surface area contributed by atoms with Crippen LogP contribution in [0.25, 0.3) is 0 Å². The zero-order chi connectivity index (χ0) is 12.4. The molecular formula is C13H18N4. The third-order valence-electron chi connectivity index (χ3n) is 2.78. The van der Waals surface area contributed by atoms with E-state index in [9.17, 15) is 0 Å². The minimum Gasteiger partial charge on any atom is -0.377 e. The van der Waals surface area contributed by atoms with E-state index < -0.39 is 0 Å². The quantitative estimate of drug-likeness (QED) is 0.881. The molecular weight excluding hydrogens is 212 g/mol. The van der Waals surface area contributed by atoms with Gasteiger partial charge in [0.1, 0.15) is 0 Å². The maximum absolute atomic E-state index is 4.35. The van der Waals surface area contributed by atoms with Crippen molar-refractivity contribution in [2.75, 3.05) is 5.32 Å². The van der Waals surface area contributed by atoms with Crippen molar-refractivity contribution in [1.29, 1.82) is 0 Å². The van der Waals surface area contributed by atoms with Crippen molar-refractivity contribution >= 4 is 5.69 Å². The minimum absolute atomic E-state index is 0.229. The summed E-state index contributed by atoms with van der Waals surface area (Å²) in [4.78, 5) is 4.18. The molecule has 1 unspecified atom stereocenters. The van der Waals surface area contributed by atoms with E-state index in [4.69, 9.17) is 0 Å². The van der Waals surface area contributed by atoms with Crippen LogP contribution < -0.4 is 5.32 Å². The van der Waals surface area contributed by atoms with Crippen molar-refractivity contribution in [2.45, 2.75) is 26.8 Å². The van der Waals surface area contributed by atoms with Gasteiger partial charge < -0.3 is 5.32 Å². The van der Waals surface area contributed by atoms with Crippen molar-refractivity contribution < 1.29 is 0 Å². The molecule has 0 aromatic carbocycles. The van der Waals surface area contributed by atoms with E-state index in [-0.39, 0.29) is 6.04 Å². The molecule has 2 aromatic rings. The molecule has 2 heterocycles. The molecule has 0 aliphatic carbocycles. The molecule has 0 fully saturated rings. The number of nitrogens with one attached hydrogen (secondary N) is 1. The van der Waals surface area contributed by atoms with Gasteiger partial charge in [0.2, 0.25) is 0 Å². The first-order valence-corrected chi connectivity index (χ1v) is 5.74. The number of nitrogens with zero attached hydrogens (tertiary/aromatic N) is 3. The van der Waals surface area contributed by atoms with E-state index in [0.29, 0.717) is 0 Å². The number of aryl methyl sites for hydroxylation is 3. The Morgan fingerprint density at radius 2 is 2.06 bits per heavy atom. The lowest BCUT2D eigenvalue weighted by atomic mass is 10.1. The maximum atomic E-state index is 4.35. The second kappa shape index (κ2) is 4.57. The number of hydrogen-bond acceptors (Lipinski definition) is 3. The van der Waals surface area contributed by atoms with Crippen LogP contribution in [0.15, 0.2) is 24.7 Å². The summed E-state index contributed by atoms with van der Waals surface area (Å²) < 4.78 is 1.84. The molecule has 0 bridgehead atoms. The summed E-state index contributed by atoms with van der Waals surface area (Å²) in [6, 6.07) is 2.32. The summed E-state index contributed by atoms with van der Waals surface area (Å²) in [5.41, 5.74) is 4.48. The van der Waals surface area contributed by atoms with Gasteiger partial charge in [-0.3, -0.25) is 9.67 Å². The summed E-state index contributed by atoms with van der Waals surface area (Å²) >= 11 is 0. The van der Waals surface area contributed by atoms with E-state index in [1.165, 1.54) is 5.56 Å². The van der Waals surface area contributed by atoms with E-state index in [1.807, 2.05) is 38.0 Å². The second-order valence-electron chi connectivity index (χ2n) is 4.46. The third kappa shape index (κ3) is 2.64. The first-order valence-electron chi connectivity index (χ1n) is 5.74. The second-order valence-corrected chi connectivity index (χ2v) is 4.46. The Hall–Kier alpha value is -1.84. The van der Waals surface area contributed by atoms with Crippen LogP contribution in [0.2, 0.25) is 0 Å². The Morgan fingerprint density at radius 1 is 1.29 bits per heavy atom. The fraction of sp³-hybridized carbons (Fsp3) is 0.385. The lowest BCUT2D eigenvalue weighted by Gasteiger charge is -2.14. The highest BCUT2D eigenvalue weighted by Crippen LogP contribution is 2.21. The van der Waals surface area contributed by atoms with Crippen LogP contribution in [-0.4, -0.2) is 14.8 Å². The zero-order valence-electron chi connectivity index (χ0n) is 10.7. The predicted molar refractivity (Wildman–Crippen MR) is 69.0 cm³/mol. The van der Waals surface area contributed by atoms with Crippen molar-refractivity contribution in [3.05, 3.63) is 41.5 Å². The first-order chi connectivity index (χ1) is 8.06. The van der Waals surface area contributed by atoms with Crippen LogP contribution in [-0.2, 0) is 7.05 Å². The molecule has 0 aliphatic heterocycles. The van der Waals surface area contributed by atoms with Gasteiger partial charge in [-0.2, -0.15) is 5.10 Å². The highest BCUT2D eigenvalue weighted by molar-refractivity contribution is 5.45. The average Bonchev–Trinajstić information content (AvgIpc) is 2.58. The fourth-order valence-electron chi connectivity index (χ4n) is 2.00. The Morgan fingerprint density at radius 3 is 2.65 bits per heavy atom. The third-order valence-corrected chi connectivity index (χ3v) is 2.78. The lowest BCUT2D eigenvalue weighted by molar-refractivity contribution is 0.756. The van der Waals surface area contributed by atoms with Crippen LogP contribution in [0.3, 0.4) is 0 Å². The number of anilines is 1. The molecule has 4 nitrogen and oxygen atoms in total. The molecule has 2 aromatic heterocycles. The van der Waals surface area contributed by atoms with Crippen LogP contribution >= 0.6 is 0 Å². The van der Waals surface area contributed by atoms with E-state index in [1.54, 1.807) is 0 Å². The number of aromatic nitrogens is 3. The monoisotopic (exact) mass is 230 g/mol. The summed E-state index contributed by atoms with van der Waals surface area (Å²) in [7, 11) is 1.94. The molecule has 2 rings (SSSR count). The summed E-state index contributed by atoms with van der Waals surface area (Å²) in [5, 5.41) is 7.79. The molecule has 0 radical (unpaired) electrons. The largest absolute Gasteiger partial charge is 0.377 e. The Kier molecular flexibility index (Phi) is 3.13. The Labute approximate surface area is 102 Å². The van der Waals surface area contributed by atoms with Gasteiger partial charge in [0.15, 0.2) is 0 Å². The normalized spacial score (nSPS) is 12.5. The molecule has 0 saturated heterocycles. The molecule has 0 amide bonds. The molecule has 1 atom stereocenters.